The lowest BCUT2D eigenvalue weighted by atomic mass is 10.2. The standard InChI is InChI=1S/C15H16N2O5S/c1-3-9-16(13(18)15(19)22-4-2)12-10-7-5-6-8-11(10)23-14(12)17(20)21/h5-8H,3-4,9H2,1-2H3. The van der Waals surface area contributed by atoms with Gasteiger partial charge in [0.15, 0.2) is 0 Å². The highest BCUT2D eigenvalue weighted by Gasteiger charge is 2.33. The molecule has 23 heavy (non-hydrogen) atoms. The van der Waals surface area contributed by atoms with Crippen molar-refractivity contribution < 1.29 is 19.2 Å². The molecule has 1 aromatic heterocycles. The number of hydrogen-bond donors (Lipinski definition) is 0. The fourth-order valence-electron chi connectivity index (χ4n) is 2.25. The number of nitro groups is 1. The van der Waals surface area contributed by atoms with Crippen LogP contribution in [0.3, 0.4) is 0 Å². The predicted octanol–water partition coefficient (Wildman–Crippen LogP) is 3.12. The summed E-state index contributed by atoms with van der Waals surface area (Å²) in [5, 5.41) is 11.8. The summed E-state index contributed by atoms with van der Waals surface area (Å²) in [6.45, 7) is 3.68. The van der Waals surface area contributed by atoms with Crippen molar-refractivity contribution in [2.75, 3.05) is 18.1 Å². The molecule has 0 aliphatic heterocycles. The van der Waals surface area contributed by atoms with Gasteiger partial charge in [-0.1, -0.05) is 36.5 Å². The van der Waals surface area contributed by atoms with Gasteiger partial charge < -0.3 is 4.74 Å². The first-order valence-corrected chi connectivity index (χ1v) is 7.97. The molecule has 0 aliphatic rings. The van der Waals surface area contributed by atoms with E-state index in [2.05, 4.69) is 0 Å². The van der Waals surface area contributed by atoms with Crippen LogP contribution in [0.15, 0.2) is 24.3 Å². The van der Waals surface area contributed by atoms with Crippen molar-refractivity contribution in [3.8, 4) is 0 Å². The predicted molar refractivity (Wildman–Crippen MR) is 87.8 cm³/mol. The normalized spacial score (nSPS) is 10.5. The molecule has 1 aromatic carbocycles. The first kappa shape index (κ1) is 16.9. The molecule has 0 unspecified atom stereocenters. The summed E-state index contributed by atoms with van der Waals surface area (Å²) in [4.78, 5) is 36.2. The lowest BCUT2D eigenvalue weighted by molar-refractivity contribution is -0.379. The van der Waals surface area contributed by atoms with E-state index in [1.807, 2.05) is 6.92 Å². The highest BCUT2D eigenvalue weighted by Crippen LogP contribution is 2.44. The van der Waals surface area contributed by atoms with E-state index in [1.54, 1.807) is 31.2 Å². The molecular formula is C15H16N2O5S. The number of thiophene rings is 1. The van der Waals surface area contributed by atoms with E-state index in [0.29, 0.717) is 16.5 Å². The minimum atomic E-state index is -1.01. The maximum Gasteiger partial charge on any atom is 0.397 e. The van der Waals surface area contributed by atoms with Gasteiger partial charge in [0.05, 0.1) is 11.5 Å². The number of hydrogen-bond acceptors (Lipinski definition) is 6. The summed E-state index contributed by atoms with van der Waals surface area (Å²) in [6, 6.07) is 6.95. The van der Waals surface area contributed by atoms with E-state index in [9.17, 15) is 19.7 Å². The van der Waals surface area contributed by atoms with Gasteiger partial charge in [-0.15, -0.1) is 0 Å². The fraction of sp³-hybridized carbons (Fsp3) is 0.333. The van der Waals surface area contributed by atoms with Gasteiger partial charge in [-0.2, -0.15) is 0 Å². The van der Waals surface area contributed by atoms with Gasteiger partial charge >= 0.3 is 16.9 Å². The van der Waals surface area contributed by atoms with Gasteiger partial charge in [0.2, 0.25) is 0 Å². The number of fused-ring (bicyclic) bond motifs is 1. The lowest BCUT2D eigenvalue weighted by Crippen LogP contribution is -2.38. The second-order valence-corrected chi connectivity index (χ2v) is 5.72. The van der Waals surface area contributed by atoms with Crippen LogP contribution in [0.25, 0.3) is 10.1 Å². The summed E-state index contributed by atoms with van der Waals surface area (Å²) < 4.78 is 5.43. The first-order valence-electron chi connectivity index (χ1n) is 7.15. The van der Waals surface area contributed by atoms with Crippen molar-refractivity contribution in [1.29, 1.82) is 0 Å². The summed E-state index contributed by atoms with van der Waals surface area (Å²) in [7, 11) is 0. The minimum Gasteiger partial charge on any atom is -0.459 e. The van der Waals surface area contributed by atoms with Crippen LogP contribution in [0.1, 0.15) is 20.3 Å². The van der Waals surface area contributed by atoms with Crippen LogP contribution in [0.2, 0.25) is 0 Å². The lowest BCUT2D eigenvalue weighted by Gasteiger charge is -2.19. The van der Waals surface area contributed by atoms with Gasteiger partial charge in [-0.3, -0.25) is 19.8 Å². The number of nitrogens with zero attached hydrogens (tertiary/aromatic N) is 2. The Balaban J connectivity index is 2.60. The van der Waals surface area contributed by atoms with Gasteiger partial charge in [-0.05, 0) is 19.4 Å². The van der Waals surface area contributed by atoms with E-state index in [4.69, 9.17) is 4.74 Å². The van der Waals surface area contributed by atoms with Crippen LogP contribution in [0, 0.1) is 10.1 Å². The van der Waals surface area contributed by atoms with Crippen molar-refractivity contribution in [2.24, 2.45) is 0 Å². The Kier molecular flexibility index (Phi) is 5.28. The SMILES string of the molecule is CCCN(C(=O)C(=O)OCC)c1c([N+](=O)[O-])sc2ccccc12. The highest BCUT2D eigenvalue weighted by atomic mass is 32.1. The third-order valence-corrected chi connectivity index (χ3v) is 4.24. The van der Waals surface area contributed by atoms with E-state index in [-0.39, 0.29) is 23.8 Å². The van der Waals surface area contributed by atoms with Crippen LogP contribution in [-0.2, 0) is 14.3 Å². The van der Waals surface area contributed by atoms with Crippen molar-refractivity contribution >= 4 is 44.0 Å². The van der Waals surface area contributed by atoms with Crippen LogP contribution in [0.5, 0.6) is 0 Å². The number of amides is 1. The largest absolute Gasteiger partial charge is 0.459 e. The minimum absolute atomic E-state index is 0.0665. The fourth-order valence-corrected chi connectivity index (χ4v) is 3.27. The first-order chi connectivity index (χ1) is 11.0. The maximum absolute atomic E-state index is 12.4. The number of benzene rings is 1. The Morgan fingerprint density at radius 2 is 2.00 bits per heavy atom. The quantitative estimate of drug-likeness (QED) is 0.362. The van der Waals surface area contributed by atoms with Gasteiger partial charge in [0.1, 0.15) is 5.69 Å². The molecule has 122 valence electrons. The molecule has 0 saturated heterocycles. The molecule has 0 saturated carbocycles. The monoisotopic (exact) mass is 336 g/mol. The van der Waals surface area contributed by atoms with Crippen molar-refractivity contribution in [3.63, 3.8) is 0 Å². The number of carbonyl (C=O) groups excluding carboxylic acids is 2. The van der Waals surface area contributed by atoms with Crippen LogP contribution < -0.4 is 4.90 Å². The Labute approximate surface area is 136 Å². The number of anilines is 1. The Bertz CT molecular complexity index is 755. The number of rotatable bonds is 5. The molecule has 2 aromatic rings. The van der Waals surface area contributed by atoms with Crippen LogP contribution >= 0.6 is 11.3 Å². The maximum atomic E-state index is 12.4. The zero-order valence-electron chi connectivity index (χ0n) is 12.8. The molecule has 0 spiro atoms. The topological polar surface area (TPSA) is 89.8 Å². The second-order valence-electron chi connectivity index (χ2n) is 4.69. The molecule has 0 fully saturated rings. The van der Waals surface area contributed by atoms with Crippen molar-refractivity contribution in [3.05, 3.63) is 34.4 Å². The van der Waals surface area contributed by atoms with Gasteiger partial charge in [0, 0.05) is 16.6 Å². The molecule has 0 N–H and O–H groups in total. The van der Waals surface area contributed by atoms with E-state index in [0.717, 1.165) is 16.2 Å². The zero-order chi connectivity index (χ0) is 17.0. The molecule has 0 atom stereocenters. The number of esters is 1. The smallest absolute Gasteiger partial charge is 0.397 e. The van der Waals surface area contributed by atoms with Crippen molar-refractivity contribution in [1.82, 2.24) is 0 Å². The van der Waals surface area contributed by atoms with Gasteiger partial charge in [-0.25, -0.2) is 4.79 Å². The average Bonchev–Trinajstić information content (AvgIpc) is 2.92. The summed E-state index contributed by atoms with van der Waals surface area (Å²) >= 11 is 0.984. The Morgan fingerprint density at radius 3 is 2.61 bits per heavy atom. The number of carbonyl (C=O) groups is 2. The Morgan fingerprint density at radius 1 is 1.30 bits per heavy atom. The molecule has 0 aliphatic carbocycles. The van der Waals surface area contributed by atoms with E-state index in [1.165, 1.54) is 0 Å². The zero-order valence-corrected chi connectivity index (χ0v) is 13.6. The summed E-state index contributed by atoms with van der Waals surface area (Å²) in [6.07, 6.45) is 0.548. The van der Waals surface area contributed by atoms with Crippen molar-refractivity contribution in [2.45, 2.75) is 20.3 Å². The summed E-state index contributed by atoms with van der Waals surface area (Å²) in [5.41, 5.74) is 0.163. The molecule has 0 bridgehead atoms. The molecule has 7 nitrogen and oxygen atoms in total. The molecule has 1 heterocycles. The van der Waals surface area contributed by atoms with Crippen LogP contribution in [-0.4, -0.2) is 30.0 Å². The van der Waals surface area contributed by atoms with Gasteiger partial charge in [0.25, 0.3) is 0 Å². The third kappa shape index (κ3) is 3.31. The second kappa shape index (κ2) is 7.19. The molecule has 0 radical (unpaired) electrons. The highest BCUT2D eigenvalue weighted by molar-refractivity contribution is 7.23. The van der Waals surface area contributed by atoms with E-state index >= 15 is 0 Å². The molecule has 8 heteroatoms. The van der Waals surface area contributed by atoms with Crippen LogP contribution in [0.4, 0.5) is 10.7 Å². The Hall–Kier alpha value is -2.48. The molecule has 2 rings (SSSR count). The average molecular weight is 336 g/mol. The summed E-state index contributed by atoms with van der Waals surface area (Å²) in [5.74, 6) is -1.90. The van der Waals surface area contributed by atoms with E-state index < -0.39 is 16.8 Å². The number of ether oxygens (including phenoxy) is 1. The third-order valence-electron chi connectivity index (χ3n) is 3.13. The molecule has 1 amide bonds. The molecular weight excluding hydrogens is 320 g/mol.